The lowest BCUT2D eigenvalue weighted by Gasteiger charge is -2.08. The molecule has 6 nitrogen and oxygen atoms in total. The smallest absolute Gasteiger partial charge is 0.238 e. The summed E-state index contributed by atoms with van der Waals surface area (Å²) < 4.78 is 26.0. The Hall–Kier alpha value is -1.86. The van der Waals surface area contributed by atoms with Crippen molar-refractivity contribution >= 4 is 27.4 Å². The van der Waals surface area contributed by atoms with E-state index in [1.165, 1.54) is 18.5 Å². The van der Waals surface area contributed by atoms with E-state index in [1.807, 2.05) is 0 Å². The molecule has 0 unspecified atom stereocenters. The Labute approximate surface area is 115 Å². The largest absolute Gasteiger partial charge is 0.504 e. The van der Waals surface area contributed by atoms with Crippen LogP contribution >= 0.6 is 11.6 Å². The van der Waals surface area contributed by atoms with Crippen molar-refractivity contribution < 1.29 is 13.5 Å². The SMILES string of the molecule is O=S(=O)(Cc1cccnc1)Nc1ncc(Cl)cc1O. The molecule has 0 amide bonds. The highest BCUT2D eigenvalue weighted by molar-refractivity contribution is 7.91. The van der Waals surface area contributed by atoms with Crippen LogP contribution in [0.4, 0.5) is 5.82 Å². The average molecular weight is 300 g/mol. The van der Waals surface area contributed by atoms with Gasteiger partial charge in [-0.25, -0.2) is 13.4 Å². The predicted molar refractivity (Wildman–Crippen MR) is 71.4 cm³/mol. The molecule has 0 aromatic carbocycles. The maximum atomic E-state index is 11.9. The molecule has 0 bridgehead atoms. The number of aromatic hydroxyl groups is 1. The molecule has 2 rings (SSSR count). The van der Waals surface area contributed by atoms with Gasteiger partial charge in [-0.05, 0) is 11.6 Å². The van der Waals surface area contributed by atoms with Crippen LogP contribution < -0.4 is 4.72 Å². The van der Waals surface area contributed by atoms with Crippen LogP contribution in [0, 0.1) is 0 Å². The highest BCUT2D eigenvalue weighted by Gasteiger charge is 2.15. The van der Waals surface area contributed by atoms with Crippen molar-refractivity contribution in [3.63, 3.8) is 0 Å². The Balaban J connectivity index is 2.17. The topological polar surface area (TPSA) is 92.2 Å². The summed E-state index contributed by atoms with van der Waals surface area (Å²) in [7, 11) is -3.68. The van der Waals surface area contributed by atoms with Crippen LogP contribution in [0.3, 0.4) is 0 Å². The standard InChI is InChI=1S/C11H10ClN3O3S/c12-9-4-10(16)11(14-6-9)15-19(17,18)7-8-2-1-3-13-5-8/h1-6,16H,7H2,(H,14,15). The zero-order valence-electron chi connectivity index (χ0n) is 9.62. The summed E-state index contributed by atoms with van der Waals surface area (Å²) in [6.45, 7) is 0. The van der Waals surface area contributed by atoms with E-state index in [-0.39, 0.29) is 22.3 Å². The Morgan fingerprint density at radius 1 is 1.37 bits per heavy atom. The molecule has 0 spiro atoms. The second-order valence-corrected chi connectivity index (χ2v) is 5.90. The summed E-state index contributed by atoms with van der Waals surface area (Å²) in [6.07, 6.45) is 4.24. The van der Waals surface area contributed by atoms with Crippen molar-refractivity contribution in [3.8, 4) is 5.75 Å². The van der Waals surface area contributed by atoms with Gasteiger partial charge in [0.15, 0.2) is 11.6 Å². The average Bonchev–Trinajstić information content (AvgIpc) is 2.33. The third kappa shape index (κ3) is 3.80. The minimum Gasteiger partial charge on any atom is -0.504 e. The van der Waals surface area contributed by atoms with Crippen molar-refractivity contribution in [1.29, 1.82) is 0 Å². The lowest BCUT2D eigenvalue weighted by molar-refractivity contribution is 0.475. The molecule has 19 heavy (non-hydrogen) atoms. The van der Waals surface area contributed by atoms with Crippen molar-refractivity contribution in [3.05, 3.63) is 47.4 Å². The first kappa shape index (κ1) is 13.6. The summed E-state index contributed by atoms with van der Waals surface area (Å²) in [6, 6.07) is 4.49. The molecule has 2 heterocycles. The number of hydrogen-bond acceptors (Lipinski definition) is 5. The molecule has 100 valence electrons. The number of nitrogens with zero attached hydrogens (tertiary/aromatic N) is 2. The minimum absolute atomic E-state index is 0.159. The molecular formula is C11H10ClN3O3S. The first-order valence-electron chi connectivity index (χ1n) is 5.20. The van der Waals surface area contributed by atoms with Gasteiger partial charge >= 0.3 is 0 Å². The van der Waals surface area contributed by atoms with E-state index >= 15 is 0 Å². The minimum atomic E-state index is -3.68. The van der Waals surface area contributed by atoms with E-state index in [0.717, 1.165) is 0 Å². The fourth-order valence-corrected chi connectivity index (χ4v) is 2.68. The van der Waals surface area contributed by atoms with Crippen LogP contribution in [0.2, 0.25) is 5.02 Å². The molecule has 2 aromatic rings. The lowest BCUT2D eigenvalue weighted by Crippen LogP contribution is -2.16. The summed E-state index contributed by atoms with van der Waals surface area (Å²) >= 11 is 5.61. The Bertz CT molecular complexity index is 677. The molecule has 0 aliphatic heterocycles. The molecule has 2 N–H and O–H groups in total. The third-order valence-electron chi connectivity index (χ3n) is 2.17. The molecule has 0 saturated carbocycles. The number of halogens is 1. The van der Waals surface area contributed by atoms with Gasteiger partial charge in [-0.1, -0.05) is 17.7 Å². The lowest BCUT2D eigenvalue weighted by atomic mass is 10.3. The Morgan fingerprint density at radius 3 is 2.79 bits per heavy atom. The maximum absolute atomic E-state index is 11.9. The van der Waals surface area contributed by atoms with Gasteiger partial charge in [0.25, 0.3) is 0 Å². The number of nitrogens with one attached hydrogen (secondary N) is 1. The molecule has 0 aliphatic carbocycles. The quantitative estimate of drug-likeness (QED) is 0.897. The normalized spacial score (nSPS) is 11.2. The second-order valence-electron chi connectivity index (χ2n) is 3.74. The molecular weight excluding hydrogens is 290 g/mol. The van der Waals surface area contributed by atoms with Gasteiger partial charge in [0, 0.05) is 24.7 Å². The first-order chi connectivity index (χ1) is 8.96. The molecule has 0 aliphatic rings. The molecule has 0 atom stereocenters. The van der Waals surface area contributed by atoms with Gasteiger partial charge in [-0.3, -0.25) is 9.71 Å². The molecule has 2 aromatic heterocycles. The van der Waals surface area contributed by atoms with Gasteiger partial charge in [0.2, 0.25) is 10.0 Å². The van der Waals surface area contributed by atoms with Gasteiger partial charge < -0.3 is 5.11 Å². The molecule has 0 fully saturated rings. The van der Waals surface area contributed by atoms with E-state index in [9.17, 15) is 13.5 Å². The van der Waals surface area contributed by atoms with Crippen LogP contribution in [-0.2, 0) is 15.8 Å². The second kappa shape index (κ2) is 5.41. The Kier molecular flexibility index (Phi) is 3.87. The summed E-state index contributed by atoms with van der Waals surface area (Å²) in [5.41, 5.74) is 0.531. The van der Waals surface area contributed by atoms with Crippen molar-refractivity contribution in [2.75, 3.05) is 4.72 Å². The number of rotatable bonds is 4. The van der Waals surface area contributed by atoms with Crippen LogP contribution in [0.15, 0.2) is 36.8 Å². The number of anilines is 1. The fraction of sp³-hybridized carbons (Fsp3) is 0.0909. The van der Waals surface area contributed by atoms with Crippen molar-refractivity contribution in [2.45, 2.75) is 5.75 Å². The van der Waals surface area contributed by atoms with E-state index in [2.05, 4.69) is 14.7 Å². The van der Waals surface area contributed by atoms with Crippen LogP contribution in [-0.4, -0.2) is 23.5 Å². The fourth-order valence-electron chi connectivity index (χ4n) is 1.39. The third-order valence-corrected chi connectivity index (χ3v) is 3.59. The zero-order valence-corrected chi connectivity index (χ0v) is 11.2. The summed E-state index contributed by atoms with van der Waals surface area (Å²) in [4.78, 5) is 7.55. The highest BCUT2D eigenvalue weighted by atomic mass is 35.5. The van der Waals surface area contributed by atoms with Gasteiger partial charge in [0.05, 0.1) is 10.8 Å². The first-order valence-corrected chi connectivity index (χ1v) is 7.23. The van der Waals surface area contributed by atoms with Crippen LogP contribution in [0.1, 0.15) is 5.56 Å². The predicted octanol–water partition coefficient (Wildman–Crippen LogP) is 1.78. The van der Waals surface area contributed by atoms with E-state index in [0.29, 0.717) is 5.56 Å². The number of hydrogen-bond donors (Lipinski definition) is 2. The van der Waals surface area contributed by atoms with Crippen LogP contribution in [0.5, 0.6) is 5.75 Å². The van der Waals surface area contributed by atoms with Gasteiger partial charge in [-0.15, -0.1) is 0 Å². The maximum Gasteiger partial charge on any atom is 0.238 e. The zero-order chi connectivity index (χ0) is 13.9. The molecule has 0 saturated heterocycles. The van der Waals surface area contributed by atoms with Crippen molar-refractivity contribution in [1.82, 2.24) is 9.97 Å². The summed E-state index contributed by atoms with van der Waals surface area (Å²) in [5.74, 6) is -0.750. The molecule has 0 radical (unpaired) electrons. The van der Waals surface area contributed by atoms with E-state index < -0.39 is 10.0 Å². The van der Waals surface area contributed by atoms with Crippen LogP contribution in [0.25, 0.3) is 0 Å². The number of aromatic nitrogens is 2. The summed E-state index contributed by atoms with van der Waals surface area (Å²) in [5, 5.41) is 9.75. The highest BCUT2D eigenvalue weighted by Crippen LogP contribution is 2.24. The van der Waals surface area contributed by atoms with Crippen molar-refractivity contribution in [2.24, 2.45) is 0 Å². The monoisotopic (exact) mass is 299 g/mol. The van der Waals surface area contributed by atoms with Gasteiger partial charge in [0.1, 0.15) is 0 Å². The number of sulfonamides is 1. The number of pyridine rings is 2. The van der Waals surface area contributed by atoms with E-state index in [4.69, 9.17) is 11.6 Å². The van der Waals surface area contributed by atoms with Gasteiger partial charge in [-0.2, -0.15) is 0 Å². The van der Waals surface area contributed by atoms with E-state index in [1.54, 1.807) is 18.3 Å². The Morgan fingerprint density at radius 2 is 2.16 bits per heavy atom. The molecule has 8 heteroatoms.